The Morgan fingerprint density at radius 2 is 2.39 bits per heavy atom. The van der Waals surface area contributed by atoms with Crippen molar-refractivity contribution >= 4 is 27.8 Å². The third kappa shape index (κ3) is 2.05. The van der Waals surface area contributed by atoms with Crippen molar-refractivity contribution in [3.05, 3.63) is 34.0 Å². The number of rotatable bonds is 4. The highest BCUT2D eigenvalue weighted by molar-refractivity contribution is 7.15. The van der Waals surface area contributed by atoms with Gasteiger partial charge < -0.3 is 5.32 Å². The van der Waals surface area contributed by atoms with Crippen molar-refractivity contribution in [1.82, 2.24) is 24.3 Å². The average Bonchev–Trinajstić information content (AvgIpc) is 3.01. The van der Waals surface area contributed by atoms with E-state index in [1.165, 1.54) is 16.4 Å². The number of thiazole rings is 1. The zero-order valence-electron chi connectivity index (χ0n) is 10.1. The molecule has 0 saturated carbocycles. The molecule has 3 rings (SSSR count). The van der Waals surface area contributed by atoms with Crippen LogP contribution in [0.2, 0.25) is 0 Å². The lowest BCUT2D eigenvalue weighted by atomic mass is 10.1. The van der Waals surface area contributed by atoms with Crippen LogP contribution < -0.4 is 5.32 Å². The SMILES string of the molecule is CNC(Cc1cn2ccsc2n1)c1snnc1C. The summed E-state index contributed by atoms with van der Waals surface area (Å²) in [4.78, 5) is 6.83. The van der Waals surface area contributed by atoms with Crippen LogP contribution in [0.25, 0.3) is 4.96 Å². The Hall–Kier alpha value is -1.31. The van der Waals surface area contributed by atoms with E-state index in [4.69, 9.17) is 0 Å². The highest BCUT2D eigenvalue weighted by atomic mass is 32.1. The van der Waals surface area contributed by atoms with Crippen molar-refractivity contribution in [2.45, 2.75) is 19.4 Å². The lowest BCUT2D eigenvalue weighted by molar-refractivity contribution is 0.591. The summed E-state index contributed by atoms with van der Waals surface area (Å²) >= 11 is 3.11. The first-order chi connectivity index (χ1) is 8.78. The molecule has 0 fully saturated rings. The van der Waals surface area contributed by atoms with E-state index in [9.17, 15) is 0 Å². The molecule has 0 aliphatic heterocycles. The second-order valence-corrected chi connectivity index (χ2v) is 5.75. The van der Waals surface area contributed by atoms with E-state index in [-0.39, 0.29) is 6.04 Å². The number of imidazole rings is 1. The maximum atomic E-state index is 4.61. The minimum atomic E-state index is 0.231. The number of nitrogens with one attached hydrogen (secondary N) is 1. The first-order valence-electron chi connectivity index (χ1n) is 5.65. The molecular weight excluding hydrogens is 266 g/mol. The van der Waals surface area contributed by atoms with Crippen LogP contribution in [0.4, 0.5) is 0 Å². The molecule has 7 heteroatoms. The number of fused-ring (bicyclic) bond motifs is 1. The van der Waals surface area contributed by atoms with Crippen molar-refractivity contribution in [2.75, 3.05) is 7.05 Å². The van der Waals surface area contributed by atoms with Crippen LogP contribution in [0, 0.1) is 6.92 Å². The van der Waals surface area contributed by atoms with Gasteiger partial charge >= 0.3 is 0 Å². The summed E-state index contributed by atoms with van der Waals surface area (Å²) in [7, 11) is 1.96. The van der Waals surface area contributed by atoms with Gasteiger partial charge in [0.25, 0.3) is 0 Å². The average molecular weight is 279 g/mol. The first kappa shape index (κ1) is 11.8. The summed E-state index contributed by atoms with van der Waals surface area (Å²) in [6.07, 6.45) is 4.97. The molecule has 0 spiro atoms. The minimum absolute atomic E-state index is 0.231. The fourth-order valence-corrected chi connectivity index (χ4v) is 3.44. The predicted octanol–water partition coefficient (Wildman–Crippen LogP) is 2.06. The Balaban J connectivity index is 1.86. The van der Waals surface area contributed by atoms with Crippen molar-refractivity contribution in [2.24, 2.45) is 0 Å². The van der Waals surface area contributed by atoms with E-state index in [1.807, 2.05) is 25.5 Å². The molecule has 0 aliphatic rings. The topological polar surface area (TPSA) is 55.1 Å². The van der Waals surface area contributed by atoms with E-state index in [0.717, 1.165) is 22.8 Å². The van der Waals surface area contributed by atoms with Gasteiger partial charge in [0.1, 0.15) is 0 Å². The van der Waals surface area contributed by atoms with Crippen LogP contribution in [0.15, 0.2) is 17.8 Å². The molecule has 1 N–H and O–H groups in total. The zero-order chi connectivity index (χ0) is 12.5. The molecule has 1 unspecified atom stereocenters. The van der Waals surface area contributed by atoms with E-state index < -0.39 is 0 Å². The van der Waals surface area contributed by atoms with Gasteiger partial charge in [0.05, 0.1) is 22.3 Å². The second-order valence-electron chi connectivity index (χ2n) is 4.09. The van der Waals surface area contributed by atoms with Gasteiger partial charge in [-0.3, -0.25) is 4.40 Å². The Kier molecular flexibility index (Phi) is 3.11. The lowest BCUT2D eigenvalue weighted by Crippen LogP contribution is -2.18. The monoisotopic (exact) mass is 279 g/mol. The minimum Gasteiger partial charge on any atom is -0.312 e. The molecule has 0 amide bonds. The maximum absolute atomic E-state index is 4.61. The van der Waals surface area contributed by atoms with E-state index >= 15 is 0 Å². The summed E-state index contributed by atoms with van der Waals surface area (Å²) in [6, 6.07) is 0.231. The number of hydrogen-bond donors (Lipinski definition) is 1. The first-order valence-corrected chi connectivity index (χ1v) is 7.30. The van der Waals surface area contributed by atoms with Crippen LogP contribution in [0.3, 0.4) is 0 Å². The van der Waals surface area contributed by atoms with Crippen molar-refractivity contribution in [3.8, 4) is 0 Å². The largest absolute Gasteiger partial charge is 0.312 e. The normalized spacial score (nSPS) is 13.2. The third-order valence-electron chi connectivity index (χ3n) is 2.91. The molecule has 0 bridgehead atoms. The van der Waals surface area contributed by atoms with Gasteiger partial charge in [0.2, 0.25) is 0 Å². The molecule has 5 nitrogen and oxygen atoms in total. The van der Waals surface area contributed by atoms with Gasteiger partial charge in [-0.25, -0.2) is 4.98 Å². The number of likely N-dealkylation sites (N-methyl/N-ethyl adjacent to an activating group) is 1. The van der Waals surface area contributed by atoms with E-state index in [0.29, 0.717) is 0 Å². The molecule has 94 valence electrons. The summed E-state index contributed by atoms with van der Waals surface area (Å²) in [5.74, 6) is 0. The molecule has 0 saturated heterocycles. The molecule has 1 atom stereocenters. The van der Waals surface area contributed by atoms with Gasteiger partial charge in [-0.1, -0.05) is 4.49 Å². The molecule has 3 aromatic rings. The second kappa shape index (κ2) is 4.75. The summed E-state index contributed by atoms with van der Waals surface area (Å²) < 4.78 is 6.05. The molecule has 0 radical (unpaired) electrons. The summed E-state index contributed by atoms with van der Waals surface area (Å²) in [5.41, 5.74) is 2.09. The van der Waals surface area contributed by atoms with Crippen LogP contribution in [-0.2, 0) is 6.42 Å². The Labute approximate surface area is 113 Å². The van der Waals surface area contributed by atoms with Gasteiger partial charge in [0.15, 0.2) is 4.96 Å². The van der Waals surface area contributed by atoms with Gasteiger partial charge in [-0.2, -0.15) is 0 Å². The van der Waals surface area contributed by atoms with Crippen molar-refractivity contribution in [3.63, 3.8) is 0 Å². The summed E-state index contributed by atoms with van der Waals surface area (Å²) in [6.45, 7) is 1.99. The smallest absolute Gasteiger partial charge is 0.193 e. The highest BCUT2D eigenvalue weighted by Crippen LogP contribution is 2.23. The van der Waals surface area contributed by atoms with Gasteiger partial charge in [0, 0.05) is 24.2 Å². The van der Waals surface area contributed by atoms with Crippen LogP contribution >= 0.6 is 22.9 Å². The molecular formula is C11H13N5S2. The fourth-order valence-electron chi connectivity index (χ4n) is 1.97. The van der Waals surface area contributed by atoms with E-state index in [1.54, 1.807) is 11.3 Å². The molecule has 0 aliphatic carbocycles. The third-order valence-corrected chi connectivity index (χ3v) is 4.62. The Morgan fingerprint density at radius 3 is 3.06 bits per heavy atom. The molecule has 0 aromatic carbocycles. The predicted molar refractivity (Wildman–Crippen MR) is 73.2 cm³/mol. The Morgan fingerprint density at radius 1 is 1.50 bits per heavy atom. The van der Waals surface area contributed by atoms with Crippen LogP contribution in [0.1, 0.15) is 22.3 Å². The summed E-state index contributed by atoms with van der Waals surface area (Å²) in [5, 5.41) is 9.42. The lowest BCUT2D eigenvalue weighted by Gasteiger charge is -2.12. The van der Waals surface area contributed by atoms with Crippen molar-refractivity contribution < 1.29 is 0 Å². The fraction of sp³-hybridized carbons (Fsp3) is 0.364. The van der Waals surface area contributed by atoms with E-state index in [2.05, 4.69) is 30.5 Å². The molecule has 3 aromatic heterocycles. The highest BCUT2D eigenvalue weighted by Gasteiger charge is 2.17. The van der Waals surface area contributed by atoms with Gasteiger partial charge in [-0.05, 0) is 25.5 Å². The molecule has 3 heterocycles. The number of aromatic nitrogens is 4. The van der Waals surface area contributed by atoms with Crippen LogP contribution in [-0.4, -0.2) is 26.0 Å². The maximum Gasteiger partial charge on any atom is 0.193 e. The van der Waals surface area contributed by atoms with Crippen molar-refractivity contribution in [1.29, 1.82) is 0 Å². The number of aryl methyl sites for hydroxylation is 1. The standard InChI is InChI=1S/C11H13N5S2/c1-7-10(18-15-14-7)9(12-2)5-8-6-16-3-4-17-11(16)13-8/h3-4,6,9,12H,5H2,1-2H3. The van der Waals surface area contributed by atoms with Gasteiger partial charge in [-0.15, -0.1) is 16.4 Å². The quantitative estimate of drug-likeness (QED) is 0.794. The van der Waals surface area contributed by atoms with Crippen LogP contribution in [0.5, 0.6) is 0 Å². The zero-order valence-corrected chi connectivity index (χ0v) is 11.8. The number of hydrogen-bond acceptors (Lipinski definition) is 6. The molecule has 18 heavy (non-hydrogen) atoms. The Bertz CT molecular complexity index is 625. The number of nitrogens with zero attached hydrogens (tertiary/aromatic N) is 4.